The summed E-state index contributed by atoms with van der Waals surface area (Å²) in [6.07, 6.45) is 4.60. The number of benzene rings is 1. The first-order valence-corrected chi connectivity index (χ1v) is 7.94. The fourth-order valence-electron chi connectivity index (χ4n) is 3.76. The highest BCUT2D eigenvalue weighted by Crippen LogP contribution is 2.34. The van der Waals surface area contributed by atoms with Crippen LogP contribution in [0.3, 0.4) is 0 Å². The molecule has 20 heavy (non-hydrogen) atoms. The van der Waals surface area contributed by atoms with Gasteiger partial charge in [0.1, 0.15) is 0 Å². The van der Waals surface area contributed by atoms with Crippen molar-refractivity contribution in [3.63, 3.8) is 0 Å². The van der Waals surface area contributed by atoms with Gasteiger partial charge < -0.3 is 10.4 Å². The molecule has 1 aromatic rings. The van der Waals surface area contributed by atoms with Crippen LogP contribution in [-0.2, 0) is 13.0 Å². The minimum absolute atomic E-state index is 0.129. The first-order chi connectivity index (χ1) is 9.76. The third-order valence-corrected chi connectivity index (χ3v) is 5.15. The molecule has 1 fully saturated rings. The summed E-state index contributed by atoms with van der Waals surface area (Å²) in [5, 5.41) is 13.3. The fourth-order valence-corrected chi connectivity index (χ4v) is 3.76. The van der Waals surface area contributed by atoms with Crippen molar-refractivity contribution in [3.8, 4) is 0 Å². The number of rotatable bonds is 4. The Labute approximate surface area is 122 Å². The smallest absolute Gasteiger partial charge is 0.0499 e. The lowest BCUT2D eigenvalue weighted by Gasteiger charge is -2.41. The van der Waals surface area contributed by atoms with Crippen LogP contribution in [0.15, 0.2) is 18.2 Å². The Morgan fingerprint density at radius 3 is 3.10 bits per heavy atom. The molecule has 0 amide bonds. The van der Waals surface area contributed by atoms with E-state index in [1.54, 1.807) is 0 Å². The van der Waals surface area contributed by atoms with Crippen LogP contribution in [0.5, 0.6) is 0 Å². The topological polar surface area (TPSA) is 35.5 Å². The van der Waals surface area contributed by atoms with Crippen molar-refractivity contribution in [2.75, 3.05) is 31.6 Å². The van der Waals surface area contributed by atoms with E-state index in [4.69, 9.17) is 0 Å². The summed E-state index contributed by atoms with van der Waals surface area (Å²) in [4.78, 5) is 2.53. The third-order valence-electron chi connectivity index (χ3n) is 5.15. The first-order valence-electron chi connectivity index (χ1n) is 7.94. The molecule has 0 bridgehead atoms. The summed E-state index contributed by atoms with van der Waals surface area (Å²) >= 11 is 0. The maximum Gasteiger partial charge on any atom is 0.0499 e. The molecule has 3 heteroatoms. The average molecular weight is 274 g/mol. The predicted molar refractivity (Wildman–Crippen MR) is 83.0 cm³/mol. The molecule has 1 aromatic carbocycles. The zero-order valence-electron chi connectivity index (χ0n) is 12.5. The van der Waals surface area contributed by atoms with Crippen molar-refractivity contribution in [1.29, 1.82) is 0 Å². The maximum atomic E-state index is 9.74. The second kappa shape index (κ2) is 5.74. The van der Waals surface area contributed by atoms with E-state index in [1.807, 2.05) is 0 Å². The van der Waals surface area contributed by atoms with Crippen LogP contribution in [-0.4, -0.2) is 36.2 Å². The summed E-state index contributed by atoms with van der Waals surface area (Å²) in [5.74, 6) is 0. The van der Waals surface area contributed by atoms with Crippen molar-refractivity contribution in [2.24, 2.45) is 5.41 Å². The van der Waals surface area contributed by atoms with E-state index in [9.17, 15) is 5.11 Å². The lowest BCUT2D eigenvalue weighted by atomic mass is 9.78. The van der Waals surface area contributed by atoms with Crippen LogP contribution in [0.25, 0.3) is 0 Å². The summed E-state index contributed by atoms with van der Waals surface area (Å²) in [6, 6.07) is 6.67. The van der Waals surface area contributed by atoms with E-state index in [1.165, 1.54) is 29.7 Å². The Hall–Kier alpha value is -1.06. The van der Waals surface area contributed by atoms with Crippen LogP contribution < -0.4 is 5.32 Å². The average Bonchev–Trinajstić information content (AvgIpc) is 2.97. The molecule has 0 radical (unpaired) electrons. The number of para-hydroxylation sites is 1. The van der Waals surface area contributed by atoms with Gasteiger partial charge >= 0.3 is 0 Å². The molecule has 0 aromatic heterocycles. The molecule has 2 N–H and O–H groups in total. The molecule has 2 heterocycles. The van der Waals surface area contributed by atoms with E-state index in [0.717, 1.165) is 39.0 Å². The van der Waals surface area contributed by atoms with Crippen LogP contribution in [0.1, 0.15) is 37.3 Å². The van der Waals surface area contributed by atoms with Gasteiger partial charge in [-0.15, -0.1) is 0 Å². The van der Waals surface area contributed by atoms with E-state index in [0.29, 0.717) is 6.61 Å². The van der Waals surface area contributed by atoms with Gasteiger partial charge in [0.2, 0.25) is 0 Å². The van der Waals surface area contributed by atoms with Crippen molar-refractivity contribution < 1.29 is 5.11 Å². The van der Waals surface area contributed by atoms with Crippen molar-refractivity contribution in [2.45, 2.75) is 39.2 Å². The summed E-state index contributed by atoms with van der Waals surface area (Å²) in [6.45, 7) is 6.81. The fraction of sp³-hybridized carbons (Fsp3) is 0.647. The molecular weight excluding hydrogens is 248 g/mol. The molecular formula is C17H26N2O. The Morgan fingerprint density at radius 2 is 2.30 bits per heavy atom. The standard InChI is InChI=1S/C17H26N2O/c1-2-17(13-20)8-4-10-19(12-17)11-15-6-3-5-14-7-9-18-16(14)15/h3,5-6,18,20H,2,4,7-13H2,1H3. The molecule has 0 aliphatic carbocycles. The number of hydrogen-bond acceptors (Lipinski definition) is 3. The Bertz CT molecular complexity index is 468. The van der Waals surface area contributed by atoms with Gasteiger partial charge in [0.05, 0.1) is 0 Å². The van der Waals surface area contributed by atoms with Gasteiger partial charge in [-0.1, -0.05) is 25.1 Å². The van der Waals surface area contributed by atoms with Gasteiger partial charge in [0.15, 0.2) is 0 Å². The molecule has 3 nitrogen and oxygen atoms in total. The normalized spacial score (nSPS) is 26.3. The number of nitrogens with one attached hydrogen (secondary N) is 1. The summed E-state index contributed by atoms with van der Waals surface area (Å²) < 4.78 is 0. The van der Waals surface area contributed by atoms with Crippen LogP contribution in [0, 0.1) is 5.41 Å². The maximum absolute atomic E-state index is 9.74. The largest absolute Gasteiger partial charge is 0.396 e. The Kier molecular flexibility index (Phi) is 3.99. The number of aliphatic hydroxyl groups excluding tert-OH is 1. The molecule has 1 unspecified atom stereocenters. The zero-order valence-corrected chi connectivity index (χ0v) is 12.5. The second-order valence-corrected chi connectivity index (χ2v) is 6.45. The monoisotopic (exact) mass is 274 g/mol. The zero-order chi connectivity index (χ0) is 14.0. The van der Waals surface area contributed by atoms with Gasteiger partial charge in [-0.25, -0.2) is 0 Å². The van der Waals surface area contributed by atoms with Gasteiger partial charge in [-0.2, -0.15) is 0 Å². The molecule has 1 atom stereocenters. The SMILES string of the molecule is CCC1(CO)CCCN(Cc2cccc3c2NCC3)C1. The van der Waals surface area contributed by atoms with E-state index in [-0.39, 0.29) is 5.41 Å². The van der Waals surface area contributed by atoms with Gasteiger partial charge in [0, 0.05) is 37.3 Å². The minimum Gasteiger partial charge on any atom is -0.396 e. The molecule has 0 saturated carbocycles. The lowest BCUT2D eigenvalue weighted by molar-refractivity contribution is 0.0259. The van der Waals surface area contributed by atoms with Crippen molar-refractivity contribution in [1.82, 2.24) is 4.90 Å². The second-order valence-electron chi connectivity index (χ2n) is 6.45. The number of piperidine rings is 1. The highest BCUT2D eigenvalue weighted by molar-refractivity contribution is 5.61. The number of nitrogens with zero attached hydrogens (tertiary/aromatic N) is 1. The van der Waals surface area contributed by atoms with Crippen LogP contribution in [0.2, 0.25) is 0 Å². The number of likely N-dealkylation sites (tertiary alicyclic amines) is 1. The number of anilines is 1. The summed E-state index contributed by atoms with van der Waals surface area (Å²) in [7, 11) is 0. The third kappa shape index (κ3) is 2.57. The molecule has 110 valence electrons. The first kappa shape index (κ1) is 13.9. The Balaban J connectivity index is 1.73. The highest BCUT2D eigenvalue weighted by Gasteiger charge is 2.33. The number of hydrogen-bond donors (Lipinski definition) is 2. The molecule has 1 saturated heterocycles. The van der Waals surface area contributed by atoms with E-state index >= 15 is 0 Å². The quantitative estimate of drug-likeness (QED) is 0.886. The minimum atomic E-state index is 0.129. The highest BCUT2D eigenvalue weighted by atomic mass is 16.3. The molecule has 0 spiro atoms. The van der Waals surface area contributed by atoms with Gasteiger partial charge in [0.25, 0.3) is 0 Å². The number of aliphatic hydroxyl groups is 1. The van der Waals surface area contributed by atoms with Gasteiger partial charge in [-0.05, 0) is 43.4 Å². The lowest BCUT2D eigenvalue weighted by Crippen LogP contribution is -2.44. The predicted octanol–water partition coefficient (Wildman–Crippen LogP) is 2.64. The summed E-state index contributed by atoms with van der Waals surface area (Å²) in [5.41, 5.74) is 4.38. The van der Waals surface area contributed by atoms with E-state index in [2.05, 4.69) is 35.3 Å². The molecule has 2 aliphatic rings. The van der Waals surface area contributed by atoms with Gasteiger partial charge in [-0.3, -0.25) is 4.90 Å². The molecule has 3 rings (SSSR count). The van der Waals surface area contributed by atoms with Crippen molar-refractivity contribution in [3.05, 3.63) is 29.3 Å². The van der Waals surface area contributed by atoms with Crippen LogP contribution >= 0.6 is 0 Å². The molecule has 2 aliphatic heterocycles. The Morgan fingerprint density at radius 1 is 1.40 bits per heavy atom. The van der Waals surface area contributed by atoms with Crippen molar-refractivity contribution >= 4 is 5.69 Å². The van der Waals surface area contributed by atoms with Crippen LogP contribution in [0.4, 0.5) is 5.69 Å². The van der Waals surface area contributed by atoms with E-state index < -0.39 is 0 Å². The number of fused-ring (bicyclic) bond motifs is 1.